The smallest absolute Gasteiger partial charge is 0.292 e. The normalized spacial score (nSPS) is 29.0. The molecule has 2 rings (SSSR count). The number of hydrogen-bond acceptors (Lipinski definition) is 4. The summed E-state index contributed by atoms with van der Waals surface area (Å²) in [7, 11) is 0. The summed E-state index contributed by atoms with van der Waals surface area (Å²) in [4.78, 5) is 13.6. The first kappa shape index (κ1) is 9.21. The number of H-pyrrole nitrogens is 2. The van der Waals surface area contributed by atoms with Gasteiger partial charge in [-0.05, 0) is 0 Å². The second-order valence-corrected chi connectivity index (χ2v) is 5.66. The Kier molecular flexibility index (Phi) is 2.69. The maximum Gasteiger partial charge on any atom is 0.340 e. The van der Waals surface area contributed by atoms with Gasteiger partial charge in [0.25, 0.3) is 0 Å². The molecule has 72 valence electrons. The lowest BCUT2D eigenvalue weighted by atomic mass is 10.3. The number of nitrogens with zero attached hydrogens (tertiary/aromatic N) is 1. The van der Waals surface area contributed by atoms with Crippen LogP contribution in [-0.4, -0.2) is 31.9 Å². The van der Waals surface area contributed by atoms with Gasteiger partial charge in [0.05, 0.1) is 5.25 Å². The highest BCUT2D eigenvalue weighted by Crippen LogP contribution is 2.40. The van der Waals surface area contributed by atoms with Crippen LogP contribution in [0.3, 0.4) is 0 Å². The third-order valence-corrected chi connectivity index (χ3v) is 5.08. The molecule has 0 aromatic carbocycles. The predicted molar refractivity (Wildman–Crippen MR) is 56.3 cm³/mol. The van der Waals surface area contributed by atoms with E-state index in [0.29, 0.717) is 10.5 Å². The van der Waals surface area contributed by atoms with E-state index in [4.69, 9.17) is 0 Å². The minimum absolute atomic E-state index is 0.210. The van der Waals surface area contributed by atoms with E-state index in [1.165, 1.54) is 5.75 Å². The van der Waals surface area contributed by atoms with Crippen molar-refractivity contribution in [1.82, 2.24) is 15.2 Å². The van der Waals surface area contributed by atoms with Crippen molar-refractivity contribution < 1.29 is 0 Å². The molecule has 0 spiro atoms. The van der Waals surface area contributed by atoms with E-state index in [1.807, 2.05) is 23.5 Å². The predicted octanol–water partition coefficient (Wildman–Crippen LogP) is 1.01. The lowest BCUT2D eigenvalue weighted by Gasteiger charge is -2.25. The van der Waals surface area contributed by atoms with Gasteiger partial charge in [-0.25, -0.2) is 9.89 Å². The van der Waals surface area contributed by atoms with Crippen molar-refractivity contribution in [2.75, 3.05) is 11.5 Å². The number of aromatic amines is 2. The van der Waals surface area contributed by atoms with Gasteiger partial charge in [-0.15, -0.1) is 11.8 Å². The lowest BCUT2D eigenvalue weighted by molar-refractivity contribution is 0.829. The molecule has 1 saturated heterocycles. The molecule has 4 nitrogen and oxygen atoms in total. The molecule has 2 unspecified atom stereocenters. The fourth-order valence-corrected chi connectivity index (χ4v) is 4.06. The fraction of sp³-hybridized carbons (Fsp3) is 0.714. The topological polar surface area (TPSA) is 61.5 Å². The zero-order valence-electron chi connectivity index (χ0n) is 7.24. The van der Waals surface area contributed by atoms with E-state index in [-0.39, 0.29) is 5.69 Å². The molecule has 1 aromatic rings. The first-order chi connectivity index (χ1) is 6.27. The molecular formula is C7H11N3OS2. The molecule has 1 aliphatic heterocycles. The molecule has 6 heteroatoms. The summed E-state index contributed by atoms with van der Waals surface area (Å²) >= 11 is 3.80. The Morgan fingerprint density at radius 2 is 2.23 bits per heavy atom. The van der Waals surface area contributed by atoms with Crippen LogP contribution in [0.25, 0.3) is 0 Å². The Morgan fingerprint density at radius 1 is 1.46 bits per heavy atom. The van der Waals surface area contributed by atoms with Gasteiger partial charge in [-0.3, -0.25) is 4.98 Å². The second-order valence-electron chi connectivity index (χ2n) is 2.93. The van der Waals surface area contributed by atoms with Gasteiger partial charge in [0.1, 0.15) is 5.82 Å². The van der Waals surface area contributed by atoms with Crippen LogP contribution < -0.4 is 5.69 Å². The Hall–Kier alpha value is -0.360. The summed E-state index contributed by atoms with van der Waals surface area (Å²) in [6.45, 7) is 2.18. The summed E-state index contributed by atoms with van der Waals surface area (Å²) < 4.78 is 0. The zero-order chi connectivity index (χ0) is 9.26. The quantitative estimate of drug-likeness (QED) is 0.737. The number of thioether (sulfide) groups is 2. The van der Waals surface area contributed by atoms with E-state index in [0.717, 1.165) is 11.6 Å². The van der Waals surface area contributed by atoms with E-state index < -0.39 is 0 Å². The molecule has 0 amide bonds. The number of rotatable bonds is 1. The van der Waals surface area contributed by atoms with Crippen molar-refractivity contribution in [2.24, 2.45) is 0 Å². The molecule has 2 N–H and O–H groups in total. The molecule has 0 saturated carbocycles. The van der Waals surface area contributed by atoms with Crippen LogP contribution >= 0.6 is 23.5 Å². The van der Waals surface area contributed by atoms with Crippen LogP contribution in [0.15, 0.2) is 4.79 Å². The van der Waals surface area contributed by atoms with Crippen LogP contribution in [0.1, 0.15) is 18.0 Å². The van der Waals surface area contributed by atoms with E-state index in [9.17, 15) is 4.79 Å². The molecule has 0 radical (unpaired) electrons. The third kappa shape index (κ3) is 1.94. The molecular weight excluding hydrogens is 206 g/mol. The summed E-state index contributed by atoms with van der Waals surface area (Å²) in [5, 5.41) is 7.22. The van der Waals surface area contributed by atoms with Crippen molar-refractivity contribution >= 4 is 23.5 Å². The largest absolute Gasteiger partial charge is 0.340 e. The Balaban J connectivity index is 2.19. The van der Waals surface area contributed by atoms with Crippen molar-refractivity contribution in [3.8, 4) is 0 Å². The number of aromatic nitrogens is 3. The highest BCUT2D eigenvalue weighted by Gasteiger charge is 2.26. The molecule has 2 heterocycles. The molecule has 0 bridgehead atoms. The molecule has 1 aliphatic rings. The van der Waals surface area contributed by atoms with E-state index >= 15 is 0 Å². The van der Waals surface area contributed by atoms with Gasteiger partial charge in [0.15, 0.2) is 0 Å². The highest BCUT2D eigenvalue weighted by atomic mass is 32.2. The van der Waals surface area contributed by atoms with Crippen molar-refractivity contribution in [3.05, 3.63) is 16.3 Å². The maximum atomic E-state index is 10.8. The Morgan fingerprint density at radius 3 is 2.85 bits per heavy atom. The summed E-state index contributed by atoms with van der Waals surface area (Å²) in [6, 6.07) is 0. The first-order valence-corrected chi connectivity index (χ1v) is 6.25. The molecule has 2 atom stereocenters. The van der Waals surface area contributed by atoms with Crippen molar-refractivity contribution in [2.45, 2.75) is 17.4 Å². The summed E-state index contributed by atoms with van der Waals surface area (Å²) in [5.41, 5.74) is -0.210. The van der Waals surface area contributed by atoms with Gasteiger partial charge in [0, 0.05) is 16.8 Å². The summed E-state index contributed by atoms with van der Waals surface area (Å²) in [5.74, 6) is 3.11. The Bertz CT molecular complexity index is 334. The van der Waals surface area contributed by atoms with Crippen molar-refractivity contribution in [3.63, 3.8) is 0 Å². The number of hydrogen-bond donors (Lipinski definition) is 2. The third-order valence-electron chi connectivity index (χ3n) is 1.98. The van der Waals surface area contributed by atoms with Crippen molar-refractivity contribution in [1.29, 1.82) is 0 Å². The van der Waals surface area contributed by atoms with Crippen LogP contribution in [-0.2, 0) is 0 Å². The van der Waals surface area contributed by atoms with Crippen LogP contribution in [0.5, 0.6) is 0 Å². The molecule has 1 aromatic heterocycles. The summed E-state index contributed by atoms with van der Waals surface area (Å²) in [6.07, 6.45) is 0. The lowest BCUT2D eigenvalue weighted by Crippen LogP contribution is -2.17. The average molecular weight is 217 g/mol. The number of nitrogens with one attached hydrogen (secondary N) is 2. The second kappa shape index (κ2) is 3.79. The van der Waals surface area contributed by atoms with Crippen LogP contribution in [0.2, 0.25) is 0 Å². The molecule has 13 heavy (non-hydrogen) atoms. The van der Waals surface area contributed by atoms with Crippen LogP contribution in [0, 0.1) is 0 Å². The average Bonchev–Trinajstić information content (AvgIpc) is 2.53. The SMILES string of the molecule is CC1SCCSC1c1n[nH]c(=O)[nH]1. The van der Waals surface area contributed by atoms with Crippen LogP contribution in [0.4, 0.5) is 0 Å². The monoisotopic (exact) mass is 217 g/mol. The standard InChI is InChI=1S/C7H11N3OS2/c1-4-5(13-3-2-12-4)6-8-7(11)10-9-6/h4-5H,2-3H2,1H3,(H2,8,9,10,11). The highest BCUT2D eigenvalue weighted by molar-refractivity contribution is 8.06. The first-order valence-electron chi connectivity index (χ1n) is 4.15. The maximum absolute atomic E-state index is 10.8. The van der Waals surface area contributed by atoms with E-state index in [2.05, 4.69) is 22.1 Å². The van der Waals surface area contributed by atoms with Gasteiger partial charge < -0.3 is 0 Å². The fourth-order valence-electron chi connectivity index (χ4n) is 1.35. The van der Waals surface area contributed by atoms with Gasteiger partial charge in [-0.1, -0.05) is 6.92 Å². The molecule has 0 aliphatic carbocycles. The Labute approximate surface area is 84.3 Å². The van der Waals surface area contributed by atoms with Gasteiger partial charge in [-0.2, -0.15) is 16.9 Å². The zero-order valence-corrected chi connectivity index (χ0v) is 8.87. The minimum Gasteiger partial charge on any atom is -0.292 e. The van der Waals surface area contributed by atoms with Gasteiger partial charge >= 0.3 is 5.69 Å². The van der Waals surface area contributed by atoms with E-state index in [1.54, 1.807) is 0 Å². The van der Waals surface area contributed by atoms with Gasteiger partial charge in [0.2, 0.25) is 0 Å². The minimum atomic E-state index is -0.210. The molecule has 1 fully saturated rings.